The van der Waals surface area contributed by atoms with Gasteiger partial charge in [-0.2, -0.15) is 0 Å². The van der Waals surface area contributed by atoms with E-state index in [0.29, 0.717) is 17.8 Å². The minimum absolute atomic E-state index is 0.0325. The van der Waals surface area contributed by atoms with Crippen LogP contribution in [0.15, 0.2) is 91.0 Å². The number of allylic oxidation sites excluding steroid dienone is 2. The van der Waals surface area contributed by atoms with Crippen LogP contribution in [-0.2, 0) is 5.92 Å². The van der Waals surface area contributed by atoms with Crippen molar-refractivity contribution < 1.29 is 8.78 Å². The van der Waals surface area contributed by atoms with Crippen LogP contribution in [0.5, 0.6) is 0 Å². The Morgan fingerprint density at radius 2 is 1.61 bits per heavy atom. The van der Waals surface area contributed by atoms with Crippen LogP contribution in [0.25, 0.3) is 11.6 Å². The molecule has 0 saturated heterocycles. The molecule has 3 N–H and O–H groups in total. The number of rotatable bonds is 10. The van der Waals surface area contributed by atoms with E-state index in [4.69, 9.17) is 5.41 Å². The zero-order chi connectivity index (χ0) is 23.7. The molecule has 0 aliphatic carbocycles. The van der Waals surface area contributed by atoms with E-state index in [1.165, 1.54) is 17.7 Å². The molecule has 0 heterocycles. The highest BCUT2D eigenvalue weighted by molar-refractivity contribution is 6.00. The topological polar surface area (TPSA) is 47.9 Å². The fraction of sp³-hybridized carbons (Fsp3) is 0.179. The first kappa shape index (κ1) is 24.1. The zero-order valence-corrected chi connectivity index (χ0v) is 18.9. The highest BCUT2D eigenvalue weighted by atomic mass is 19.3. The molecule has 0 fully saturated rings. The molecule has 3 nitrogen and oxygen atoms in total. The van der Waals surface area contributed by atoms with Gasteiger partial charge in [-0.05, 0) is 48.3 Å². The predicted molar refractivity (Wildman–Crippen MR) is 135 cm³/mol. The Hall–Kier alpha value is -3.57. The van der Waals surface area contributed by atoms with Crippen LogP contribution in [0.3, 0.4) is 0 Å². The first-order chi connectivity index (χ1) is 15.8. The van der Waals surface area contributed by atoms with E-state index in [9.17, 15) is 8.78 Å². The van der Waals surface area contributed by atoms with Gasteiger partial charge in [0.05, 0.1) is 6.54 Å². The average Bonchev–Trinajstić information content (AvgIpc) is 2.80. The molecule has 0 unspecified atom stereocenters. The molecule has 0 aliphatic rings. The van der Waals surface area contributed by atoms with Crippen molar-refractivity contribution in [3.63, 3.8) is 0 Å². The molecule has 0 radical (unpaired) electrons. The van der Waals surface area contributed by atoms with E-state index in [1.54, 1.807) is 12.1 Å². The van der Waals surface area contributed by atoms with Crippen molar-refractivity contribution in [3.05, 3.63) is 113 Å². The first-order valence-corrected chi connectivity index (χ1v) is 10.8. The summed E-state index contributed by atoms with van der Waals surface area (Å²) in [7, 11) is 0. The molecule has 3 rings (SSSR count). The van der Waals surface area contributed by atoms with Gasteiger partial charge in [-0.3, -0.25) is 0 Å². The molecule has 3 aromatic carbocycles. The third-order valence-corrected chi connectivity index (χ3v) is 5.12. The third kappa shape index (κ3) is 7.81. The van der Waals surface area contributed by atoms with Gasteiger partial charge in [-0.25, -0.2) is 14.2 Å². The summed E-state index contributed by atoms with van der Waals surface area (Å²) in [6.45, 7) is 3.22. The maximum atomic E-state index is 13.3. The minimum atomic E-state index is -2.86. The molecule has 0 bridgehead atoms. The molecule has 3 aromatic rings. The van der Waals surface area contributed by atoms with Crippen LogP contribution in [0.1, 0.15) is 35.6 Å². The number of nitrogens with one attached hydrogen (secondary N) is 3. The number of halogens is 2. The molecule has 0 amide bonds. The first-order valence-electron chi connectivity index (χ1n) is 10.8. The lowest BCUT2D eigenvalue weighted by atomic mass is 10.00. The van der Waals surface area contributed by atoms with Gasteiger partial charge in [0, 0.05) is 23.9 Å². The molecule has 33 heavy (non-hydrogen) atoms. The normalized spacial score (nSPS) is 12.2. The van der Waals surface area contributed by atoms with E-state index in [-0.39, 0.29) is 12.1 Å². The van der Waals surface area contributed by atoms with E-state index >= 15 is 0 Å². The smallest absolute Gasteiger partial charge is 0.270 e. The van der Waals surface area contributed by atoms with Gasteiger partial charge in [0.25, 0.3) is 5.92 Å². The SMILES string of the molecule is Cc1ccc(/C=C/C/C(=C\C(=N)CNNc2ccc(C(C)(F)F)cc2)c2ccccc2)cc1. The predicted octanol–water partition coefficient (Wildman–Crippen LogP) is 7.23. The van der Waals surface area contributed by atoms with Gasteiger partial charge in [-0.15, -0.1) is 0 Å². The number of anilines is 1. The molecular weight excluding hydrogens is 416 g/mol. The number of hydrazine groups is 1. The second-order valence-electron chi connectivity index (χ2n) is 8.02. The molecule has 0 aromatic heterocycles. The molecule has 0 spiro atoms. The fourth-order valence-electron chi connectivity index (χ4n) is 3.26. The zero-order valence-electron chi connectivity index (χ0n) is 18.9. The Labute approximate surface area is 194 Å². The van der Waals surface area contributed by atoms with E-state index in [0.717, 1.165) is 23.6 Å². The van der Waals surface area contributed by atoms with Gasteiger partial charge < -0.3 is 10.8 Å². The van der Waals surface area contributed by atoms with Crippen LogP contribution < -0.4 is 10.9 Å². The Morgan fingerprint density at radius 3 is 2.24 bits per heavy atom. The van der Waals surface area contributed by atoms with Crippen molar-refractivity contribution in [2.45, 2.75) is 26.2 Å². The van der Waals surface area contributed by atoms with Crippen LogP contribution in [0, 0.1) is 12.3 Å². The van der Waals surface area contributed by atoms with Crippen molar-refractivity contribution in [1.82, 2.24) is 5.43 Å². The largest absolute Gasteiger partial charge is 0.321 e. The fourth-order valence-corrected chi connectivity index (χ4v) is 3.26. The van der Waals surface area contributed by atoms with E-state index < -0.39 is 5.92 Å². The molecule has 0 saturated carbocycles. The highest BCUT2D eigenvalue weighted by Gasteiger charge is 2.23. The van der Waals surface area contributed by atoms with Crippen LogP contribution in [-0.4, -0.2) is 12.3 Å². The van der Waals surface area contributed by atoms with Crippen molar-refractivity contribution in [2.75, 3.05) is 12.0 Å². The number of hydrogen-bond donors (Lipinski definition) is 3. The van der Waals surface area contributed by atoms with Crippen molar-refractivity contribution in [3.8, 4) is 0 Å². The van der Waals surface area contributed by atoms with Gasteiger partial charge in [0.15, 0.2) is 0 Å². The summed E-state index contributed by atoms with van der Waals surface area (Å²) in [6, 6.07) is 24.3. The summed E-state index contributed by atoms with van der Waals surface area (Å²) in [6.07, 6.45) is 6.75. The van der Waals surface area contributed by atoms with E-state index in [1.807, 2.05) is 36.4 Å². The maximum Gasteiger partial charge on any atom is 0.270 e. The monoisotopic (exact) mass is 445 g/mol. The average molecular weight is 446 g/mol. The molecular formula is C28H29F2N3. The quantitative estimate of drug-likeness (QED) is 0.228. The summed E-state index contributed by atoms with van der Waals surface area (Å²) < 4.78 is 26.7. The minimum Gasteiger partial charge on any atom is -0.321 e. The molecule has 5 heteroatoms. The summed E-state index contributed by atoms with van der Waals surface area (Å²) >= 11 is 0. The second-order valence-corrected chi connectivity index (χ2v) is 8.02. The van der Waals surface area contributed by atoms with Gasteiger partial charge in [-0.1, -0.05) is 84.4 Å². The Morgan fingerprint density at radius 1 is 0.939 bits per heavy atom. The maximum absolute atomic E-state index is 13.3. The third-order valence-electron chi connectivity index (χ3n) is 5.12. The highest BCUT2D eigenvalue weighted by Crippen LogP contribution is 2.27. The molecule has 170 valence electrons. The van der Waals surface area contributed by atoms with Crippen molar-refractivity contribution >= 4 is 23.0 Å². The lowest BCUT2D eigenvalue weighted by Crippen LogP contribution is -2.27. The van der Waals surface area contributed by atoms with Gasteiger partial charge >= 0.3 is 0 Å². The van der Waals surface area contributed by atoms with Gasteiger partial charge in [0.1, 0.15) is 0 Å². The van der Waals surface area contributed by atoms with E-state index in [2.05, 4.69) is 54.2 Å². The number of aryl methyl sites for hydroxylation is 1. The summed E-state index contributed by atoms with van der Waals surface area (Å²) in [5.41, 5.74) is 11.4. The summed E-state index contributed by atoms with van der Waals surface area (Å²) in [4.78, 5) is 0. The number of alkyl halides is 2. The Balaban J connectivity index is 1.61. The van der Waals surface area contributed by atoms with Crippen LogP contribution in [0.4, 0.5) is 14.5 Å². The van der Waals surface area contributed by atoms with Crippen LogP contribution >= 0.6 is 0 Å². The Kier molecular flexibility index (Phi) is 8.28. The second kappa shape index (κ2) is 11.3. The summed E-state index contributed by atoms with van der Waals surface area (Å²) in [5, 5.41) is 8.37. The number of hydrogen-bond acceptors (Lipinski definition) is 3. The van der Waals surface area contributed by atoms with Crippen LogP contribution in [0.2, 0.25) is 0 Å². The number of benzene rings is 3. The Bertz CT molecular complexity index is 1090. The van der Waals surface area contributed by atoms with Crippen molar-refractivity contribution in [2.24, 2.45) is 0 Å². The van der Waals surface area contributed by atoms with Gasteiger partial charge in [0.2, 0.25) is 0 Å². The standard InChI is InChI=1S/C28H29F2N3/c1-21-11-13-22(14-12-21)7-6-10-24(23-8-4-3-5-9-23)19-26(31)20-32-33-27-17-15-25(16-18-27)28(2,29)30/h3-9,11-19,31-33H,10,20H2,1-2H3/b7-6+,24-19+,31-26?. The summed E-state index contributed by atoms with van der Waals surface area (Å²) in [5.74, 6) is -2.86. The van der Waals surface area contributed by atoms with Crippen molar-refractivity contribution in [1.29, 1.82) is 5.41 Å². The lowest BCUT2D eigenvalue weighted by molar-refractivity contribution is 0.0175. The molecule has 0 aliphatic heterocycles. The lowest BCUT2D eigenvalue weighted by Gasteiger charge is -2.13. The molecule has 0 atom stereocenters.